The molecular formula is C15H24O3. The highest BCUT2D eigenvalue weighted by Crippen LogP contribution is 2.15. The summed E-state index contributed by atoms with van der Waals surface area (Å²) in [6.45, 7) is 11.1. The average Bonchev–Trinajstić information content (AvgIpc) is 2.38. The lowest BCUT2D eigenvalue weighted by Crippen LogP contribution is -2.26. The van der Waals surface area contributed by atoms with E-state index in [1.807, 2.05) is 0 Å². The second-order valence-electron chi connectivity index (χ2n) is 4.23. The van der Waals surface area contributed by atoms with Gasteiger partial charge in [-0.3, -0.25) is 4.79 Å². The van der Waals surface area contributed by atoms with E-state index in [0.29, 0.717) is 25.7 Å². The van der Waals surface area contributed by atoms with E-state index in [2.05, 4.69) is 19.7 Å². The monoisotopic (exact) mass is 252 g/mol. The normalized spacial score (nSPS) is 13.4. The molecule has 2 atom stereocenters. The molecule has 1 N–H and O–H groups in total. The zero-order valence-corrected chi connectivity index (χ0v) is 11.0. The molecule has 0 amide bonds. The van der Waals surface area contributed by atoms with Crippen LogP contribution in [0.4, 0.5) is 0 Å². The van der Waals surface area contributed by atoms with Crippen LogP contribution in [-0.2, 0) is 9.53 Å². The Morgan fingerprint density at radius 1 is 1.17 bits per heavy atom. The molecule has 102 valence electrons. The molecule has 0 aromatic heterocycles. The Kier molecular flexibility index (Phi) is 9.97. The Labute approximate surface area is 110 Å². The molecule has 0 saturated heterocycles. The minimum Gasteiger partial charge on any atom is -0.465 e. The first-order valence-corrected chi connectivity index (χ1v) is 6.32. The van der Waals surface area contributed by atoms with Gasteiger partial charge in [0.05, 0.1) is 12.7 Å². The molecule has 0 aliphatic rings. The number of carbonyl (C=O) groups is 1. The number of allylic oxidation sites excluding steroid dienone is 3. The van der Waals surface area contributed by atoms with Crippen LogP contribution in [0, 0.1) is 5.92 Å². The fourth-order valence-electron chi connectivity index (χ4n) is 1.57. The average molecular weight is 252 g/mol. The van der Waals surface area contributed by atoms with Crippen molar-refractivity contribution in [3.8, 4) is 0 Å². The van der Waals surface area contributed by atoms with Crippen LogP contribution >= 0.6 is 0 Å². The van der Waals surface area contributed by atoms with Crippen molar-refractivity contribution in [3.05, 3.63) is 38.0 Å². The predicted molar refractivity (Wildman–Crippen MR) is 74.1 cm³/mol. The Morgan fingerprint density at radius 3 is 2.39 bits per heavy atom. The smallest absolute Gasteiger partial charge is 0.306 e. The van der Waals surface area contributed by atoms with Gasteiger partial charge in [-0.05, 0) is 25.7 Å². The van der Waals surface area contributed by atoms with Crippen molar-refractivity contribution in [2.45, 2.75) is 38.2 Å². The fourth-order valence-corrected chi connectivity index (χ4v) is 1.57. The second-order valence-corrected chi connectivity index (χ2v) is 4.23. The first kappa shape index (κ1) is 16.6. The number of aliphatic hydroxyl groups is 1. The summed E-state index contributed by atoms with van der Waals surface area (Å²) >= 11 is 0. The maximum absolute atomic E-state index is 11.4. The highest BCUT2D eigenvalue weighted by molar-refractivity contribution is 5.69. The first-order valence-electron chi connectivity index (χ1n) is 6.32. The molecule has 0 aliphatic carbocycles. The van der Waals surface area contributed by atoms with E-state index in [1.165, 1.54) is 0 Å². The van der Waals surface area contributed by atoms with E-state index in [0.717, 1.165) is 6.42 Å². The first-order chi connectivity index (χ1) is 8.65. The summed E-state index contributed by atoms with van der Waals surface area (Å²) < 4.78 is 5.14. The third-order valence-electron chi connectivity index (χ3n) is 2.69. The summed E-state index contributed by atoms with van der Waals surface area (Å²) in [6, 6.07) is 0. The van der Waals surface area contributed by atoms with Crippen LogP contribution in [0.15, 0.2) is 38.0 Å². The summed E-state index contributed by atoms with van der Waals surface area (Å²) in [4.78, 5) is 11.4. The van der Waals surface area contributed by atoms with E-state index in [-0.39, 0.29) is 18.5 Å². The summed E-state index contributed by atoms with van der Waals surface area (Å²) in [5.74, 6) is -0.338. The number of carbonyl (C=O) groups excluding carboxylic acids is 1. The van der Waals surface area contributed by atoms with Gasteiger partial charge in [-0.1, -0.05) is 18.2 Å². The summed E-state index contributed by atoms with van der Waals surface area (Å²) in [5.41, 5.74) is 0. The number of hydrogen-bond donors (Lipinski definition) is 1. The molecule has 0 fully saturated rings. The quantitative estimate of drug-likeness (QED) is 0.454. The maximum atomic E-state index is 11.4. The second kappa shape index (κ2) is 10.8. The molecule has 18 heavy (non-hydrogen) atoms. The minimum atomic E-state index is -0.492. The van der Waals surface area contributed by atoms with Crippen LogP contribution in [0.2, 0.25) is 0 Å². The van der Waals surface area contributed by atoms with E-state index < -0.39 is 6.10 Å². The van der Waals surface area contributed by atoms with Crippen LogP contribution in [0.25, 0.3) is 0 Å². The predicted octanol–water partition coefficient (Wildman–Crippen LogP) is 3.02. The molecule has 0 rings (SSSR count). The molecule has 0 aromatic carbocycles. The number of rotatable bonds is 11. The van der Waals surface area contributed by atoms with Gasteiger partial charge in [-0.25, -0.2) is 0 Å². The Hall–Kier alpha value is -1.35. The molecule has 3 nitrogen and oxygen atoms in total. The topological polar surface area (TPSA) is 46.5 Å². The number of ether oxygens (including phenoxy) is 1. The van der Waals surface area contributed by atoms with Crippen LogP contribution in [-0.4, -0.2) is 23.8 Å². The standard InChI is InChI=1S/C15H24O3/c1-4-7-10-14(16)13(9-6-3)12-18-15(17)11-8-5-2/h4-6,13-14,16H,1-3,7-12H2. The van der Waals surface area contributed by atoms with Crippen molar-refractivity contribution < 1.29 is 14.6 Å². The number of hydrogen-bond acceptors (Lipinski definition) is 3. The van der Waals surface area contributed by atoms with E-state index in [9.17, 15) is 9.90 Å². The van der Waals surface area contributed by atoms with Crippen molar-refractivity contribution in [2.75, 3.05) is 6.61 Å². The molecule has 0 saturated carbocycles. The summed E-state index contributed by atoms with van der Waals surface area (Å²) in [7, 11) is 0. The molecule has 0 aromatic rings. The van der Waals surface area contributed by atoms with Gasteiger partial charge < -0.3 is 9.84 Å². The Bertz CT molecular complexity index is 271. The van der Waals surface area contributed by atoms with Gasteiger partial charge in [-0.15, -0.1) is 19.7 Å². The SMILES string of the molecule is C=CCCC(=O)OCC(CC=C)C(O)CCC=C. The van der Waals surface area contributed by atoms with Gasteiger partial charge in [0.25, 0.3) is 0 Å². The third-order valence-corrected chi connectivity index (χ3v) is 2.69. The number of aliphatic hydroxyl groups excluding tert-OH is 1. The largest absolute Gasteiger partial charge is 0.465 e. The van der Waals surface area contributed by atoms with Crippen LogP contribution in [0.3, 0.4) is 0 Å². The summed E-state index contributed by atoms with van der Waals surface area (Å²) in [5, 5.41) is 9.96. The molecule has 0 radical (unpaired) electrons. The Balaban J connectivity index is 4.08. The van der Waals surface area contributed by atoms with Gasteiger partial charge in [-0.2, -0.15) is 0 Å². The van der Waals surface area contributed by atoms with Gasteiger partial charge in [0.1, 0.15) is 0 Å². The van der Waals surface area contributed by atoms with Crippen molar-refractivity contribution >= 4 is 5.97 Å². The van der Waals surface area contributed by atoms with E-state index in [4.69, 9.17) is 4.74 Å². The zero-order chi connectivity index (χ0) is 13.8. The van der Waals surface area contributed by atoms with Crippen molar-refractivity contribution in [2.24, 2.45) is 5.92 Å². The minimum absolute atomic E-state index is 0.0878. The van der Waals surface area contributed by atoms with Gasteiger partial charge >= 0.3 is 5.97 Å². The van der Waals surface area contributed by atoms with Crippen molar-refractivity contribution in [1.82, 2.24) is 0 Å². The fraction of sp³-hybridized carbons (Fsp3) is 0.533. The van der Waals surface area contributed by atoms with Gasteiger partial charge in [0.15, 0.2) is 0 Å². The summed E-state index contributed by atoms with van der Waals surface area (Å²) in [6.07, 6.45) is 7.66. The highest BCUT2D eigenvalue weighted by atomic mass is 16.5. The van der Waals surface area contributed by atoms with Crippen molar-refractivity contribution in [3.63, 3.8) is 0 Å². The zero-order valence-electron chi connectivity index (χ0n) is 11.0. The van der Waals surface area contributed by atoms with Crippen LogP contribution in [0.1, 0.15) is 32.1 Å². The highest BCUT2D eigenvalue weighted by Gasteiger charge is 2.19. The molecule has 0 spiro atoms. The van der Waals surface area contributed by atoms with Crippen LogP contribution < -0.4 is 0 Å². The van der Waals surface area contributed by atoms with Crippen molar-refractivity contribution in [1.29, 1.82) is 0 Å². The maximum Gasteiger partial charge on any atom is 0.306 e. The molecule has 2 unspecified atom stereocenters. The molecule has 0 aliphatic heterocycles. The van der Waals surface area contributed by atoms with Gasteiger partial charge in [0, 0.05) is 12.3 Å². The molecule has 3 heteroatoms. The molecule has 0 bridgehead atoms. The lowest BCUT2D eigenvalue weighted by Gasteiger charge is -2.21. The van der Waals surface area contributed by atoms with Crippen LogP contribution in [0.5, 0.6) is 0 Å². The lowest BCUT2D eigenvalue weighted by molar-refractivity contribution is -0.146. The molecular weight excluding hydrogens is 228 g/mol. The third kappa shape index (κ3) is 7.85. The Morgan fingerprint density at radius 2 is 1.83 bits per heavy atom. The van der Waals surface area contributed by atoms with E-state index >= 15 is 0 Å². The lowest BCUT2D eigenvalue weighted by atomic mass is 9.96. The van der Waals surface area contributed by atoms with Gasteiger partial charge in [0.2, 0.25) is 0 Å². The molecule has 0 heterocycles. The van der Waals surface area contributed by atoms with E-state index in [1.54, 1.807) is 18.2 Å². The number of esters is 1.